The lowest BCUT2D eigenvalue weighted by Crippen LogP contribution is -2.10. The molecule has 0 amide bonds. The van der Waals surface area contributed by atoms with Crippen molar-refractivity contribution in [3.8, 4) is 16.9 Å². The van der Waals surface area contributed by atoms with Crippen molar-refractivity contribution in [3.63, 3.8) is 0 Å². The smallest absolute Gasteiger partial charge is 0.196 e. The van der Waals surface area contributed by atoms with Gasteiger partial charge in [0.2, 0.25) is 0 Å². The van der Waals surface area contributed by atoms with Gasteiger partial charge in [0.15, 0.2) is 12.0 Å². The van der Waals surface area contributed by atoms with Crippen molar-refractivity contribution < 1.29 is 9.15 Å². The highest BCUT2D eigenvalue weighted by Gasteiger charge is 2.31. The van der Waals surface area contributed by atoms with E-state index in [1.807, 2.05) is 30.3 Å². The maximum atomic E-state index is 6.72. The molecule has 0 bridgehead atoms. The van der Waals surface area contributed by atoms with Gasteiger partial charge in [-0.05, 0) is 47.5 Å². The van der Waals surface area contributed by atoms with Crippen molar-refractivity contribution in [2.24, 2.45) is 0 Å². The van der Waals surface area contributed by atoms with Crippen LogP contribution in [0.1, 0.15) is 11.8 Å². The number of para-hydroxylation sites is 1. The van der Waals surface area contributed by atoms with Crippen LogP contribution in [0.3, 0.4) is 0 Å². The summed E-state index contributed by atoms with van der Waals surface area (Å²) in [6, 6.07) is 50.7. The minimum atomic E-state index is -0.267. The van der Waals surface area contributed by atoms with Crippen molar-refractivity contribution in [2.45, 2.75) is 6.23 Å². The van der Waals surface area contributed by atoms with Gasteiger partial charge in [0.25, 0.3) is 0 Å². The van der Waals surface area contributed by atoms with Gasteiger partial charge in [0.05, 0.1) is 11.4 Å². The van der Waals surface area contributed by atoms with Gasteiger partial charge in [-0.1, -0.05) is 103 Å². The first-order valence-corrected chi connectivity index (χ1v) is 14.5. The van der Waals surface area contributed by atoms with Gasteiger partial charge in [0.1, 0.15) is 11.2 Å². The van der Waals surface area contributed by atoms with E-state index >= 15 is 0 Å². The Morgan fingerprint density at radius 2 is 1.16 bits per heavy atom. The van der Waals surface area contributed by atoms with Crippen molar-refractivity contribution in [3.05, 3.63) is 151 Å². The molecule has 0 fully saturated rings. The number of nitrogens with zero attached hydrogens (tertiary/aromatic N) is 1. The van der Waals surface area contributed by atoms with E-state index in [1.54, 1.807) is 0 Å². The van der Waals surface area contributed by atoms with Crippen LogP contribution in [-0.2, 0) is 0 Å². The highest BCUT2D eigenvalue weighted by atomic mass is 16.5. The fraction of sp³-hybridized carbons (Fsp3) is 0.0256. The number of hydrogen-bond acceptors (Lipinski definition) is 4. The second-order valence-corrected chi connectivity index (χ2v) is 11.0. The van der Waals surface area contributed by atoms with Gasteiger partial charge < -0.3 is 19.4 Å². The predicted molar refractivity (Wildman–Crippen MR) is 176 cm³/mol. The number of rotatable bonds is 5. The van der Waals surface area contributed by atoms with Crippen LogP contribution in [0.2, 0.25) is 0 Å². The molecular formula is C39H26N2O2. The van der Waals surface area contributed by atoms with Crippen LogP contribution < -0.4 is 15.0 Å². The molecule has 1 aromatic heterocycles. The fourth-order valence-electron chi connectivity index (χ4n) is 6.49. The maximum Gasteiger partial charge on any atom is 0.196 e. The summed E-state index contributed by atoms with van der Waals surface area (Å²) in [7, 11) is 0. The van der Waals surface area contributed by atoms with Crippen LogP contribution in [0.5, 0.6) is 5.75 Å². The first-order valence-electron chi connectivity index (χ1n) is 14.5. The number of furan rings is 1. The Balaban J connectivity index is 1.25. The summed E-state index contributed by atoms with van der Waals surface area (Å²) in [4.78, 5) is 2.28. The third-order valence-corrected chi connectivity index (χ3v) is 8.44. The quantitative estimate of drug-likeness (QED) is 0.215. The Kier molecular flexibility index (Phi) is 5.23. The summed E-state index contributed by atoms with van der Waals surface area (Å²) in [6.45, 7) is 0. The molecule has 1 aliphatic heterocycles. The first-order chi connectivity index (χ1) is 21.3. The summed E-state index contributed by atoms with van der Waals surface area (Å²) < 4.78 is 13.3. The second-order valence-electron chi connectivity index (χ2n) is 11.0. The molecule has 4 nitrogen and oxygen atoms in total. The van der Waals surface area contributed by atoms with Crippen LogP contribution in [0.15, 0.2) is 150 Å². The zero-order valence-corrected chi connectivity index (χ0v) is 23.2. The number of fused-ring (bicyclic) bond motifs is 3. The third-order valence-electron chi connectivity index (χ3n) is 8.44. The van der Waals surface area contributed by atoms with E-state index in [0.717, 1.165) is 66.8 Å². The summed E-state index contributed by atoms with van der Waals surface area (Å²) >= 11 is 0. The van der Waals surface area contributed by atoms with E-state index in [1.165, 1.54) is 11.1 Å². The maximum absolute atomic E-state index is 6.72. The second kappa shape index (κ2) is 9.40. The molecule has 0 saturated heterocycles. The minimum Gasteiger partial charge on any atom is -0.464 e. The molecular weight excluding hydrogens is 528 g/mol. The molecule has 7 aromatic carbocycles. The van der Waals surface area contributed by atoms with E-state index in [-0.39, 0.29) is 6.23 Å². The molecule has 0 radical (unpaired) electrons. The average molecular weight is 555 g/mol. The largest absolute Gasteiger partial charge is 0.464 e. The number of ether oxygens (including phenoxy) is 1. The molecule has 204 valence electrons. The summed E-state index contributed by atoms with van der Waals surface area (Å²) in [5, 5.41) is 8.05. The first kappa shape index (κ1) is 23.9. The van der Waals surface area contributed by atoms with Crippen LogP contribution >= 0.6 is 0 Å². The SMILES string of the molecule is c1ccc(-c2ccc(N(c3ccccc3)c3cc4oc5cccc6c7c(c(c3)c4c56)OC(c3ccccc3)N7)cc2)cc1. The fourth-order valence-corrected chi connectivity index (χ4v) is 6.49. The molecule has 2 heterocycles. The summed E-state index contributed by atoms with van der Waals surface area (Å²) in [5.74, 6) is 0.856. The Hall–Kier alpha value is -5.74. The van der Waals surface area contributed by atoms with Crippen LogP contribution in [-0.4, -0.2) is 0 Å². The summed E-state index contributed by atoms with van der Waals surface area (Å²) in [5.41, 5.74) is 9.32. The van der Waals surface area contributed by atoms with E-state index in [9.17, 15) is 0 Å². The average Bonchev–Trinajstić information content (AvgIpc) is 3.69. The molecule has 0 aliphatic carbocycles. The highest BCUT2D eigenvalue weighted by molar-refractivity contribution is 6.28. The number of benzene rings is 7. The van der Waals surface area contributed by atoms with Crippen molar-refractivity contribution in [1.82, 2.24) is 0 Å². The number of hydrogen-bond donors (Lipinski definition) is 1. The van der Waals surface area contributed by atoms with Gasteiger partial charge in [-0.3, -0.25) is 0 Å². The topological polar surface area (TPSA) is 37.6 Å². The van der Waals surface area contributed by atoms with Gasteiger partial charge in [-0.2, -0.15) is 0 Å². The highest BCUT2D eigenvalue weighted by Crippen LogP contribution is 2.53. The van der Waals surface area contributed by atoms with Gasteiger partial charge >= 0.3 is 0 Å². The summed E-state index contributed by atoms with van der Waals surface area (Å²) in [6.07, 6.45) is -0.267. The van der Waals surface area contributed by atoms with Gasteiger partial charge in [-0.25, -0.2) is 0 Å². The molecule has 1 atom stereocenters. The predicted octanol–water partition coefficient (Wildman–Crippen LogP) is 10.8. The number of anilines is 4. The van der Waals surface area contributed by atoms with Crippen LogP contribution in [0, 0.1) is 0 Å². The lowest BCUT2D eigenvalue weighted by atomic mass is 9.98. The van der Waals surface area contributed by atoms with Crippen molar-refractivity contribution in [1.29, 1.82) is 0 Å². The third kappa shape index (κ3) is 3.77. The van der Waals surface area contributed by atoms with Crippen molar-refractivity contribution in [2.75, 3.05) is 10.2 Å². The molecule has 4 heteroatoms. The molecule has 1 unspecified atom stereocenters. The molecule has 9 rings (SSSR count). The van der Waals surface area contributed by atoms with E-state index in [4.69, 9.17) is 9.15 Å². The van der Waals surface area contributed by atoms with E-state index in [0.29, 0.717) is 0 Å². The Bertz CT molecular complexity index is 2220. The Morgan fingerprint density at radius 3 is 1.93 bits per heavy atom. The lowest BCUT2D eigenvalue weighted by Gasteiger charge is -2.26. The molecule has 8 aromatic rings. The molecule has 0 saturated carbocycles. The Morgan fingerprint density at radius 1 is 0.512 bits per heavy atom. The van der Waals surface area contributed by atoms with Crippen LogP contribution in [0.4, 0.5) is 22.7 Å². The molecule has 43 heavy (non-hydrogen) atoms. The zero-order chi connectivity index (χ0) is 28.3. The monoisotopic (exact) mass is 554 g/mol. The Labute approximate surface area is 248 Å². The van der Waals surface area contributed by atoms with Gasteiger partial charge in [0, 0.05) is 44.5 Å². The van der Waals surface area contributed by atoms with Gasteiger partial charge in [-0.15, -0.1) is 0 Å². The minimum absolute atomic E-state index is 0.267. The van der Waals surface area contributed by atoms with E-state index < -0.39 is 0 Å². The standard InChI is InChI=1S/C39H26N2O2/c1-4-11-25(12-5-1)26-19-21-29(22-20-26)41(28-15-8-3-9-16-28)30-23-32-36-34(24-30)42-33-18-10-17-31(35(33)36)37-38(32)43-39(40-37)27-13-6-2-7-14-27/h1-24,39-40H. The normalized spacial score (nSPS) is 14.2. The lowest BCUT2D eigenvalue weighted by molar-refractivity contribution is 0.262. The number of nitrogens with one attached hydrogen (secondary N) is 1. The van der Waals surface area contributed by atoms with E-state index in [2.05, 4.69) is 125 Å². The van der Waals surface area contributed by atoms with Crippen LogP contribution in [0.25, 0.3) is 43.8 Å². The molecule has 1 aliphatic rings. The van der Waals surface area contributed by atoms with Crippen molar-refractivity contribution >= 4 is 55.5 Å². The molecule has 0 spiro atoms. The zero-order valence-electron chi connectivity index (χ0n) is 23.2. The molecule has 1 N–H and O–H groups in total.